The zero-order valence-electron chi connectivity index (χ0n) is 15.2. The minimum Gasteiger partial charge on any atom is -0.497 e. The molecule has 1 amide bonds. The van der Waals surface area contributed by atoms with Crippen molar-refractivity contribution in [3.8, 4) is 5.75 Å². The lowest BCUT2D eigenvalue weighted by molar-refractivity contribution is -0.132. The number of amides is 1. The molecule has 25 heavy (non-hydrogen) atoms. The molecular formula is C20H25ClN2O2. The van der Waals surface area contributed by atoms with Gasteiger partial charge in [-0.3, -0.25) is 9.69 Å². The molecule has 0 N–H and O–H groups in total. The number of hydrogen-bond donors (Lipinski definition) is 0. The van der Waals surface area contributed by atoms with Gasteiger partial charge < -0.3 is 9.64 Å². The molecule has 1 atom stereocenters. The Morgan fingerprint density at radius 2 is 1.68 bits per heavy atom. The van der Waals surface area contributed by atoms with E-state index < -0.39 is 0 Å². The highest BCUT2D eigenvalue weighted by molar-refractivity contribution is 6.30. The summed E-state index contributed by atoms with van der Waals surface area (Å²) in [6.45, 7) is 3.09. The van der Waals surface area contributed by atoms with E-state index in [1.807, 2.05) is 74.4 Å². The summed E-state index contributed by atoms with van der Waals surface area (Å²) >= 11 is 5.93. The molecule has 0 radical (unpaired) electrons. The van der Waals surface area contributed by atoms with Gasteiger partial charge in [0.15, 0.2) is 0 Å². The highest BCUT2D eigenvalue weighted by Gasteiger charge is 2.18. The van der Waals surface area contributed by atoms with E-state index in [9.17, 15) is 4.79 Å². The second kappa shape index (κ2) is 8.88. The van der Waals surface area contributed by atoms with E-state index in [0.29, 0.717) is 18.1 Å². The van der Waals surface area contributed by atoms with Crippen LogP contribution in [0.3, 0.4) is 0 Å². The maximum Gasteiger partial charge on any atom is 0.236 e. The fraction of sp³-hybridized carbons (Fsp3) is 0.350. The Kier molecular flexibility index (Phi) is 6.85. The van der Waals surface area contributed by atoms with Gasteiger partial charge in [0.05, 0.1) is 19.7 Å². The smallest absolute Gasteiger partial charge is 0.236 e. The maximum atomic E-state index is 12.6. The summed E-state index contributed by atoms with van der Waals surface area (Å²) in [5.74, 6) is 0.914. The number of carbonyl (C=O) groups is 1. The summed E-state index contributed by atoms with van der Waals surface area (Å²) in [4.78, 5) is 16.3. The van der Waals surface area contributed by atoms with Gasteiger partial charge >= 0.3 is 0 Å². The van der Waals surface area contributed by atoms with E-state index in [-0.39, 0.29) is 11.9 Å². The first-order valence-electron chi connectivity index (χ1n) is 8.23. The van der Waals surface area contributed by atoms with Crippen LogP contribution in [0.4, 0.5) is 0 Å². The largest absolute Gasteiger partial charge is 0.497 e. The first-order chi connectivity index (χ1) is 11.9. The third kappa shape index (κ3) is 5.48. The molecule has 0 aliphatic rings. The lowest BCUT2D eigenvalue weighted by Crippen LogP contribution is -2.37. The van der Waals surface area contributed by atoms with Crippen molar-refractivity contribution in [1.82, 2.24) is 9.80 Å². The van der Waals surface area contributed by atoms with E-state index in [1.165, 1.54) is 0 Å². The fourth-order valence-corrected chi connectivity index (χ4v) is 2.75. The number of ether oxygens (including phenoxy) is 1. The minimum absolute atomic E-state index is 0.000784. The van der Waals surface area contributed by atoms with Crippen molar-refractivity contribution in [1.29, 1.82) is 0 Å². The van der Waals surface area contributed by atoms with Crippen LogP contribution in [-0.4, -0.2) is 43.5 Å². The number of benzene rings is 2. The molecule has 0 saturated carbocycles. The molecule has 0 fully saturated rings. The average molecular weight is 361 g/mol. The lowest BCUT2D eigenvalue weighted by Gasteiger charge is -2.27. The molecular weight excluding hydrogens is 336 g/mol. The molecule has 0 aromatic heterocycles. The number of likely N-dealkylation sites (N-methyl/N-ethyl adjacent to an activating group) is 2. The number of nitrogens with zero attached hydrogens (tertiary/aromatic N) is 2. The molecule has 2 aromatic carbocycles. The zero-order valence-corrected chi connectivity index (χ0v) is 16.0. The van der Waals surface area contributed by atoms with E-state index in [2.05, 4.69) is 0 Å². The van der Waals surface area contributed by atoms with Crippen molar-refractivity contribution in [3.05, 3.63) is 64.7 Å². The van der Waals surface area contributed by atoms with Crippen molar-refractivity contribution >= 4 is 17.5 Å². The molecule has 5 heteroatoms. The molecule has 2 aromatic rings. The molecule has 0 heterocycles. The van der Waals surface area contributed by atoms with Crippen LogP contribution in [0.2, 0.25) is 5.02 Å². The van der Waals surface area contributed by atoms with Crippen LogP contribution in [0.25, 0.3) is 0 Å². The van der Waals surface area contributed by atoms with Gasteiger partial charge in [0.2, 0.25) is 5.91 Å². The van der Waals surface area contributed by atoms with Gasteiger partial charge in [-0.25, -0.2) is 0 Å². The van der Waals surface area contributed by atoms with Gasteiger partial charge in [0.25, 0.3) is 0 Å². The number of carbonyl (C=O) groups excluding carboxylic acids is 1. The average Bonchev–Trinajstić information content (AvgIpc) is 2.61. The van der Waals surface area contributed by atoms with Crippen LogP contribution in [0.5, 0.6) is 5.75 Å². The van der Waals surface area contributed by atoms with Gasteiger partial charge in [-0.05, 0) is 49.4 Å². The molecule has 0 spiro atoms. The van der Waals surface area contributed by atoms with Gasteiger partial charge in [-0.15, -0.1) is 0 Å². The Bertz CT molecular complexity index is 686. The molecule has 2 rings (SSSR count). The predicted octanol–water partition coefficient (Wildman–Crippen LogP) is 4.00. The third-order valence-electron chi connectivity index (χ3n) is 4.34. The SMILES string of the molecule is COc1ccc(CN(C)CC(=O)N(C)C(C)c2ccc(Cl)cc2)cc1. The standard InChI is InChI=1S/C20H25ClN2O2/c1-15(17-7-9-18(21)10-8-17)23(3)20(24)14-22(2)13-16-5-11-19(25-4)12-6-16/h5-12,15H,13-14H2,1-4H3. The third-order valence-corrected chi connectivity index (χ3v) is 4.60. The molecule has 4 nitrogen and oxygen atoms in total. The summed E-state index contributed by atoms with van der Waals surface area (Å²) in [6, 6.07) is 15.5. The molecule has 1 unspecified atom stereocenters. The van der Waals surface area contributed by atoms with E-state index >= 15 is 0 Å². The van der Waals surface area contributed by atoms with Crippen LogP contribution >= 0.6 is 11.6 Å². The number of halogens is 1. The van der Waals surface area contributed by atoms with E-state index in [4.69, 9.17) is 16.3 Å². The Labute approximate surface area is 155 Å². The van der Waals surface area contributed by atoms with Crippen LogP contribution in [-0.2, 0) is 11.3 Å². The first-order valence-corrected chi connectivity index (χ1v) is 8.61. The second-order valence-electron chi connectivity index (χ2n) is 6.25. The maximum absolute atomic E-state index is 12.6. The Hall–Kier alpha value is -2.04. The van der Waals surface area contributed by atoms with Crippen LogP contribution in [0, 0.1) is 0 Å². The summed E-state index contributed by atoms with van der Waals surface area (Å²) < 4.78 is 5.16. The molecule has 0 saturated heterocycles. The predicted molar refractivity (Wildman–Crippen MR) is 102 cm³/mol. The Morgan fingerprint density at radius 1 is 1.08 bits per heavy atom. The topological polar surface area (TPSA) is 32.8 Å². The minimum atomic E-state index is -0.000784. The number of hydrogen-bond acceptors (Lipinski definition) is 3. The number of rotatable bonds is 7. The summed E-state index contributed by atoms with van der Waals surface area (Å²) in [6.07, 6.45) is 0. The summed E-state index contributed by atoms with van der Waals surface area (Å²) in [7, 11) is 5.43. The van der Waals surface area contributed by atoms with Crippen molar-refractivity contribution in [2.45, 2.75) is 19.5 Å². The summed E-state index contributed by atoms with van der Waals surface area (Å²) in [5, 5.41) is 0.698. The van der Waals surface area contributed by atoms with E-state index in [0.717, 1.165) is 16.9 Å². The van der Waals surface area contributed by atoms with Crippen LogP contribution in [0.15, 0.2) is 48.5 Å². The van der Waals surface area contributed by atoms with Gasteiger partial charge in [0, 0.05) is 18.6 Å². The van der Waals surface area contributed by atoms with Crippen LogP contribution < -0.4 is 4.74 Å². The normalized spacial score (nSPS) is 12.1. The molecule has 134 valence electrons. The number of methoxy groups -OCH3 is 1. The monoisotopic (exact) mass is 360 g/mol. The molecule has 0 bridgehead atoms. The molecule has 0 aliphatic heterocycles. The van der Waals surface area contributed by atoms with Crippen molar-refractivity contribution in [3.63, 3.8) is 0 Å². The van der Waals surface area contributed by atoms with Crippen molar-refractivity contribution in [2.75, 3.05) is 27.7 Å². The van der Waals surface area contributed by atoms with Gasteiger partial charge in [-0.2, -0.15) is 0 Å². The Balaban J connectivity index is 1.91. The highest BCUT2D eigenvalue weighted by Crippen LogP contribution is 2.21. The Morgan fingerprint density at radius 3 is 2.24 bits per heavy atom. The first kappa shape index (κ1) is 19.3. The van der Waals surface area contributed by atoms with Crippen molar-refractivity contribution in [2.24, 2.45) is 0 Å². The fourth-order valence-electron chi connectivity index (χ4n) is 2.62. The van der Waals surface area contributed by atoms with Gasteiger partial charge in [-0.1, -0.05) is 35.9 Å². The second-order valence-corrected chi connectivity index (χ2v) is 6.69. The highest BCUT2D eigenvalue weighted by atomic mass is 35.5. The van der Waals surface area contributed by atoms with Crippen LogP contribution in [0.1, 0.15) is 24.1 Å². The van der Waals surface area contributed by atoms with Crippen molar-refractivity contribution < 1.29 is 9.53 Å². The zero-order chi connectivity index (χ0) is 18.4. The van der Waals surface area contributed by atoms with Gasteiger partial charge in [0.1, 0.15) is 5.75 Å². The lowest BCUT2D eigenvalue weighted by atomic mass is 10.1. The van der Waals surface area contributed by atoms with E-state index in [1.54, 1.807) is 12.0 Å². The quantitative estimate of drug-likeness (QED) is 0.748. The molecule has 0 aliphatic carbocycles. The summed E-state index contributed by atoms with van der Waals surface area (Å²) in [5.41, 5.74) is 2.21.